The van der Waals surface area contributed by atoms with E-state index in [-0.39, 0.29) is 10.8 Å². The van der Waals surface area contributed by atoms with Crippen molar-refractivity contribution in [2.75, 3.05) is 0 Å². The summed E-state index contributed by atoms with van der Waals surface area (Å²) in [5.41, 5.74) is 24.5. The number of pyridine rings is 1. The SMILES string of the molecule is Cc1cc(-c2cc(-c3ccc(-c4cccc5c4C46CCCC4(CCC6)c4ccccc4-5)nc3)cc(-c3cc(C)c(C)c(C)c3)c2)cc(C)c1C. The highest BCUT2D eigenvalue weighted by atomic mass is 14.7. The average molecular weight is 650 g/mol. The van der Waals surface area contributed by atoms with Crippen LogP contribution in [0.5, 0.6) is 0 Å². The Hall–Kier alpha value is -4.75. The number of nitrogens with zero attached hydrogens (tertiary/aromatic N) is 1. The molecule has 1 nitrogen and oxygen atoms in total. The van der Waals surface area contributed by atoms with Crippen LogP contribution in [0.4, 0.5) is 0 Å². The summed E-state index contributed by atoms with van der Waals surface area (Å²) in [5, 5.41) is 0. The van der Waals surface area contributed by atoms with Crippen LogP contribution in [0.2, 0.25) is 0 Å². The number of aromatic nitrogens is 1. The third-order valence-electron chi connectivity index (χ3n) is 13.4. The lowest BCUT2D eigenvalue weighted by Gasteiger charge is -2.48. The van der Waals surface area contributed by atoms with Crippen LogP contribution < -0.4 is 0 Å². The minimum atomic E-state index is 0.214. The number of benzene rings is 5. The molecule has 1 heterocycles. The zero-order valence-electron chi connectivity index (χ0n) is 30.5. The van der Waals surface area contributed by atoms with E-state index < -0.39 is 0 Å². The molecule has 248 valence electrons. The highest BCUT2D eigenvalue weighted by Crippen LogP contribution is 2.70. The van der Waals surface area contributed by atoms with Crippen molar-refractivity contribution < 1.29 is 0 Å². The molecule has 0 saturated heterocycles. The maximum absolute atomic E-state index is 5.30. The van der Waals surface area contributed by atoms with Gasteiger partial charge in [-0.05, 0) is 175 Å². The van der Waals surface area contributed by atoms with Gasteiger partial charge in [-0.2, -0.15) is 0 Å². The summed E-state index contributed by atoms with van der Waals surface area (Å²) in [6.45, 7) is 13.4. The zero-order chi connectivity index (χ0) is 34.4. The van der Waals surface area contributed by atoms with Gasteiger partial charge in [0.1, 0.15) is 0 Å². The van der Waals surface area contributed by atoms with Gasteiger partial charge in [0.25, 0.3) is 0 Å². The van der Waals surface area contributed by atoms with E-state index in [0.29, 0.717) is 0 Å². The number of fused-ring (bicyclic) bond motifs is 3. The van der Waals surface area contributed by atoms with E-state index in [0.717, 1.165) is 11.3 Å². The van der Waals surface area contributed by atoms with Crippen molar-refractivity contribution in [3.05, 3.63) is 148 Å². The molecule has 6 aromatic rings. The van der Waals surface area contributed by atoms with Crippen LogP contribution in [0.1, 0.15) is 83.0 Å². The number of hydrogen-bond donors (Lipinski definition) is 0. The Morgan fingerprint density at radius 3 is 1.48 bits per heavy atom. The topological polar surface area (TPSA) is 12.9 Å². The Morgan fingerprint density at radius 1 is 0.440 bits per heavy atom. The molecule has 0 N–H and O–H groups in total. The summed E-state index contributed by atoms with van der Waals surface area (Å²) in [5.74, 6) is 0. The molecule has 0 spiro atoms. The van der Waals surface area contributed by atoms with Crippen LogP contribution in [0.15, 0.2) is 103 Å². The van der Waals surface area contributed by atoms with Crippen LogP contribution in [0, 0.1) is 41.5 Å². The lowest BCUT2D eigenvalue weighted by Crippen LogP contribution is -2.44. The fourth-order valence-corrected chi connectivity index (χ4v) is 10.5. The maximum Gasteiger partial charge on any atom is 0.0705 e. The van der Waals surface area contributed by atoms with Crippen LogP contribution in [-0.2, 0) is 10.8 Å². The van der Waals surface area contributed by atoms with Gasteiger partial charge in [-0.15, -0.1) is 0 Å². The van der Waals surface area contributed by atoms with E-state index in [4.69, 9.17) is 4.98 Å². The first-order valence-electron chi connectivity index (χ1n) is 18.7. The van der Waals surface area contributed by atoms with E-state index in [1.54, 1.807) is 11.1 Å². The molecular formula is C49H47N. The summed E-state index contributed by atoms with van der Waals surface area (Å²) in [4.78, 5) is 5.30. The van der Waals surface area contributed by atoms with Gasteiger partial charge in [-0.25, -0.2) is 0 Å². The molecule has 0 radical (unpaired) electrons. The molecule has 0 unspecified atom stereocenters. The quantitative estimate of drug-likeness (QED) is 0.185. The van der Waals surface area contributed by atoms with E-state index in [1.807, 2.05) is 0 Å². The Morgan fingerprint density at radius 2 is 0.920 bits per heavy atom. The van der Waals surface area contributed by atoms with E-state index in [1.165, 1.54) is 116 Å². The van der Waals surface area contributed by atoms with E-state index in [9.17, 15) is 0 Å². The molecule has 50 heavy (non-hydrogen) atoms. The van der Waals surface area contributed by atoms with Crippen LogP contribution in [-0.4, -0.2) is 4.98 Å². The van der Waals surface area contributed by atoms with Crippen molar-refractivity contribution in [3.63, 3.8) is 0 Å². The molecule has 2 fully saturated rings. The van der Waals surface area contributed by atoms with Gasteiger partial charge < -0.3 is 0 Å². The molecule has 3 aliphatic rings. The van der Waals surface area contributed by atoms with Crippen molar-refractivity contribution in [2.45, 2.75) is 90.9 Å². The van der Waals surface area contributed by atoms with Crippen molar-refractivity contribution in [1.29, 1.82) is 0 Å². The first-order valence-corrected chi connectivity index (χ1v) is 18.7. The molecule has 2 saturated carbocycles. The monoisotopic (exact) mass is 649 g/mol. The summed E-state index contributed by atoms with van der Waals surface area (Å²) in [6.07, 6.45) is 9.94. The molecule has 0 bridgehead atoms. The average Bonchev–Trinajstić information content (AvgIpc) is 3.71. The Labute approximate surface area is 298 Å². The Balaban J connectivity index is 1.19. The molecule has 0 atom stereocenters. The van der Waals surface area contributed by atoms with Gasteiger partial charge >= 0.3 is 0 Å². The number of rotatable bonds is 4. The summed E-state index contributed by atoms with van der Waals surface area (Å²) >= 11 is 0. The zero-order valence-corrected chi connectivity index (χ0v) is 30.5. The standard InChI is InChI=1S/C49H47N/c1-30-22-37(23-31(2)34(30)5)40-26-39(27-41(28-40)38-24-32(3)35(6)33(4)25-38)36-16-17-46(50-29-36)44-14-9-13-43-42-12-7-8-15-45(42)48-18-10-20-49(48,47(43)44)21-11-19-48/h7-9,12-17,22-29H,10-11,18-21H2,1-6H3. The van der Waals surface area contributed by atoms with Crippen molar-refractivity contribution in [1.82, 2.24) is 4.98 Å². The minimum absolute atomic E-state index is 0.214. The van der Waals surface area contributed by atoms with Crippen LogP contribution in [0.25, 0.3) is 55.8 Å². The Kier molecular flexibility index (Phi) is 7.12. The molecule has 1 heteroatoms. The first-order chi connectivity index (χ1) is 24.2. The molecule has 3 aliphatic carbocycles. The normalized spacial score (nSPS) is 20.3. The third kappa shape index (κ3) is 4.48. The minimum Gasteiger partial charge on any atom is -0.256 e. The Bertz CT molecular complexity index is 2200. The fraction of sp³-hybridized carbons (Fsp3) is 0.286. The van der Waals surface area contributed by atoms with Gasteiger partial charge in [0, 0.05) is 28.2 Å². The van der Waals surface area contributed by atoms with Crippen molar-refractivity contribution in [2.24, 2.45) is 0 Å². The van der Waals surface area contributed by atoms with Crippen LogP contribution in [0.3, 0.4) is 0 Å². The van der Waals surface area contributed by atoms with Gasteiger partial charge in [0.05, 0.1) is 5.69 Å². The summed E-state index contributed by atoms with van der Waals surface area (Å²) in [6, 6.07) is 37.4. The number of hydrogen-bond acceptors (Lipinski definition) is 1. The lowest BCUT2D eigenvalue weighted by atomic mass is 9.54. The highest BCUT2D eigenvalue weighted by molar-refractivity contribution is 5.87. The maximum atomic E-state index is 5.30. The van der Waals surface area contributed by atoms with Gasteiger partial charge in [-0.1, -0.05) is 85.6 Å². The highest BCUT2D eigenvalue weighted by Gasteiger charge is 2.62. The van der Waals surface area contributed by atoms with Gasteiger partial charge in [0.15, 0.2) is 0 Å². The largest absolute Gasteiger partial charge is 0.256 e. The molecular weight excluding hydrogens is 603 g/mol. The number of aryl methyl sites for hydroxylation is 4. The fourth-order valence-electron chi connectivity index (χ4n) is 10.5. The second kappa shape index (κ2) is 11.4. The molecule has 1 aromatic heterocycles. The predicted molar refractivity (Wildman–Crippen MR) is 211 cm³/mol. The van der Waals surface area contributed by atoms with Crippen molar-refractivity contribution in [3.8, 4) is 55.8 Å². The molecule has 9 rings (SSSR count). The summed E-state index contributed by atoms with van der Waals surface area (Å²) < 4.78 is 0. The second-order valence-corrected chi connectivity index (χ2v) is 15.8. The van der Waals surface area contributed by atoms with E-state index in [2.05, 4.69) is 145 Å². The molecule has 0 amide bonds. The smallest absolute Gasteiger partial charge is 0.0705 e. The van der Waals surface area contributed by atoms with E-state index >= 15 is 0 Å². The second-order valence-electron chi connectivity index (χ2n) is 15.8. The van der Waals surface area contributed by atoms with Gasteiger partial charge in [-0.3, -0.25) is 4.98 Å². The summed E-state index contributed by atoms with van der Waals surface area (Å²) in [7, 11) is 0. The van der Waals surface area contributed by atoms with Gasteiger partial charge in [0.2, 0.25) is 0 Å². The lowest BCUT2D eigenvalue weighted by molar-refractivity contribution is 0.300. The third-order valence-corrected chi connectivity index (χ3v) is 13.4. The first kappa shape index (κ1) is 31.2. The predicted octanol–water partition coefficient (Wildman–Crippen LogP) is 13.1. The molecule has 5 aromatic carbocycles. The van der Waals surface area contributed by atoms with Crippen LogP contribution >= 0.6 is 0 Å². The van der Waals surface area contributed by atoms with Crippen molar-refractivity contribution >= 4 is 0 Å². The molecule has 0 aliphatic heterocycles.